The lowest BCUT2D eigenvalue weighted by Gasteiger charge is -2.21. The molecule has 0 fully saturated rings. The van der Waals surface area contributed by atoms with Crippen LogP contribution in [0, 0.1) is 5.92 Å². The third-order valence-corrected chi connectivity index (χ3v) is 7.71. The molecule has 0 aliphatic heterocycles. The van der Waals surface area contributed by atoms with E-state index in [1.54, 1.807) is 0 Å². The van der Waals surface area contributed by atoms with Crippen molar-refractivity contribution < 1.29 is 14.3 Å². The molecule has 2 heterocycles. The van der Waals surface area contributed by atoms with Gasteiger partial charge in [-0.15, -0.1) is 0 Å². The van der Waals surface area contributed by atoms with Crippen LogP contribution < -0.4 is 5.32 Å². The fourth-order valence-corrected chi connectivity index (χ4v) is 5.63. The highest BCUT2D eigenvalue weighted by molar-refractivity contribution is 6.09. The van der Waals surface area contributed by atoms with Crippen molar-refractivity contribution in [2.24, 2.45) is 5.92 Å². The number of hydrogen-bond donors (Lipinski definition) is 1. The Morgan fingerprint density at radius 2 is 1.71 bits per heavy atom. The van der Waals surface area contributed by atoms with Crippen LogP contribution in [-0.4, -0.2) is 22.8 Å². The maximum atomic E-state index is 13.9. The number of carbonyl (C=O) groups excluding carboxylic acids is 2. The Kier molecular flexibility index (Phi) is 11.4. The fraction of sp³-hybridized carbons (Fsp3) is 0.405. The van der Waals surface area contributed by atoms with Crippen LogP contribution in [0.1, 0.15) is 105 Å². The second-order valence-electron chi connectivity index (χ2n) is 11.6. The Morgan fingerprint density at radius 3 is 2.45 bits per heavy atom. The van der Waals surface area contributed by atoms with Crippen molar-refractivity contribution in [2.75, 3.05) is 11.9 Å². The van der Waals surface area contributed by atoms with Gasteiger partial charge in [0.2, 0.25) is 5.78 Å². The lowest BCUT2D eigenvalue weighted by atomic mass is 9.96. The van der Waals surface area contributed by atoms with Crippen LogP contribution in [-0.2, 0) is 22.4 Å². The summed E-state index contributed by atoms with van der Waals surface area (Å²) in [7, 11) is 0. The molecule has 5 heteroatoms. The van der Waals surface area contributed by atoms with Gasteiger partial charge in [-0.2, -0.15) is 0 Å². The monoisotopic (exact) mass is 566 g/mol. The zero-order valence-corrected chi connectivity index (χ0v) is 25.7. The van der Waals surface area contributed by atoms with Crippen molar-refractivity contribution in [1.82, 2.24) is 4.40 Å². The first-order valence-corrected chi connectivity index (χ1v) is 15.6. The number of anilines is 1. The van der Waals surface area contributed by atoms with E-state index in [1.165, 1.54) is 24.0 Å². The van der Waals surface area contributed by atoms with Crippen LogP contribution in [0.2, 0.25) is 0 Å². The number of esters is 1. The Balaban J connectivity index is 1.54. The maximum absolute atomic E-state index is 13.9. The molecule has 1 N–H and O–H groups in total. The van der Waals surface area contributed by atoms with E-state index in [9.17, 15) is 9.59 Å². The molecule has 0 amide bonds. The molecular weight excluding hydrogens is 520 g/mol. The summed E-state index contributed by atoms with van der Waals surface area (Å²) in [5.74, 6) is 0.436. The normalized spacial score (nSPS) is 12.0. The number of pyridine rings is 1. The summed E-state index contributed by atoms with van der Waals surface area (Å²) in [6.45, 7) is 8.95. The lowest BCUT2D eigenvalue weighted by molar-refractivity contribution is -0.143. The molecule has 4 aromatic rings. The number of nitrogens with zero attached hydrogens (tertiary/aromatic N) is 1. The second-order valence-corrected chi connectivity index (χ2v) is 11.6. The molecule has 222 valence electrons. The summed E-state index contributed by atoms with van der Waals surface area (Å²) in [5, 5.41) is 3.75. The molecule has 42 heavy (non-hydrogen) atoms. The largest absolute Gasteiger partial charge is 0.466 e. The topological polar surface area (TPSA) is 59.8 Å². The van der Waals surface area contributed by atoms with Gasteiger partial charge in [-0.25, -0.2) is 0 Å². The van der Waals surface area contributed by atoms with Crippen LogP contribution >= 0.6 is 0 Å². The number of aromatic nitrogens is 1. The number of rotatable bonds is 16. The Morgan fingerprint density at radius 1 is 0.905 bits per heavy atom. The van der Waals surface area contributed by atoms with Crippen molar-refractivity contribution in [2.45, 2.75) is 85.1 Å². The Hall–Kier alpha value is -3.86. The third kappa shape index (κ3) is 8.34. The van der Waals surface area contributed by atoms with E-state index in [0.717, 1.165) is 36.0 Å². The Bertz CT molecular complexity index is 1450. The van der Waals surface area contributed by atoms with E-state index in [0.29, 0.717) is 43.0 Å². The summed E-state index contributed by atoms with van der Waals surface area (Å²) in [4.78, 5) is 25.7. The first-order chi connectivity index (χ1) is 20.4. The molecule has 2 aromatic heterocycles. The number of benzene rings is 2. The van der Waals surface area contributed by atoms with Gasteiger partial charge in [0, 0.05) is 29.4 Å². The van der Waals surface area contributed by atoms with E-state index in [4.69, 9.17) is 4.74 Å². The quantitative estimate of drug-likeness (QED) is 0.0835. The van der Waals surface area contributed by atoms with Crippen LogP contribution in [0.25, 0.3) is 5.52 Å². The number of nitrogens with one attached hydrogen (secondary N) is 1. The molecule has 1 unspecified atom stereocenters. The van der Waals surface area contributed by atoms with Crippen molar-refractivity contribution in [3.05, 3.63) is 107 Å². The minimum absolute atomic E-state index is 0.0166. The molecule has 5 nitrogen and oxygen atoms in total. The average Bonchev–Trinajstić information content (AvgIpc) is 3.35. The highest BCUT2D eigenvalue weighted by atomic mass is 16.5. The molecule has 2 aromatic carbocycles. The molecule has 0 aliphatic carbocycles. The van der Waals surface area contributed by atoms with Crippen molar-refractivity contribution in [1.29, 1.82) is 0 Å². The van der Waals surface area contributed by atoms with Gasteiger partial charge in [0.1, 0.15) is 0 Å². The van der Waals surface area contributed by atoms with Gasteiger partial charge < -0.3 is 14.5 Å². The van der Waals surface area contributed by atoms with Crippen LogP contribution in [0.5, 0.6) is 0 Å². The number of unbranched alkanes of at least 4 members (excludes halogenated alkanes) is 2. The molecule has 0 aliphatic rings. The number of hydrogen-bond acceptors (Lipinski definition) is 4. The van der Waals surface area contributed by atoms with Gasteiger partial charge >= 0.3 is 5.97 Å². The van der Waals surface area contributed by atoms with E-state index in [2.05, 4.69) is 50.4 Å². The number of fused-ring (bicyclic) bond motifs is 1. The summed E-state index contributed by atoms with van der Waals surface area (Å²) in [6.07, 6.45) is 9.34. The fourth-order valence-electron chi connectivity index (χ4n) is 5.63. The van der Waals surface area contributed by atoms with Crippen molar-refractivity contribution >= 4 is 23.0 Å². The number of aryl methyl sites for hydroxylation is 1. The minimum atomic E-state index is -0.180. The van der Waals surface area contributed by atoms with Gasteiger partial charge in [0.15, 0.2) is 0 Å². The molecule has 0 spiro atoms. The first-order valence-electron chi connectivity index (χ1n) is 15.6. The predicted octanol–water partition coefficient (Wildman–Crippen LogP) is 8.99. The molecule has 0 saturated heterocycles. The minimum Gasteiger partial charge on any atom is -0.466 e. The van der Waals surface area contributed by atoms with Crippen LogP contribution in [0.15, 0.2) is 79.0 Å². The highest BCUT2D eigenvalue weighted by Crippen LogP contribution is 2.28. The average molecular weight is 567 g/mol. The molecule has 0 bridgehead atoms. The number of ether oxygens (including phenoxy) is 1. The zero-order chi connectivity index (χ0) is 29.9. The summed E-state index contributed by atoms with van der Waals surface area (Å²) >= 11 is 0. The van der Waals surface area contributed by atoms with Crippen molar-refractivity contribution in [3.63, 3.8) is 0 Å². The van der Waals surface area contributed by atoms with E-state index < -0.39 is 0 Å². The number of carbonyl (C=O) groups is 2. The predicted molar refractivity (Wildman–Crippen MR) is 172 cm³/mol. The van der Waals surface area contributed by atoms with Gasteiger partial charge in [0.05, 0.1) is 18.3 Å². The molecule has 1 atom stereocenters. The van der Waals surface area contributed by atoms with Gasteiger partial charge in [-0.3, -0.25) is 9.59 Å². The lowest BCUT2D eigenvalue weighted by Crippen LogP contribution is -2.12. The van der Waals surface area contributed by atoms with Crippen LogP contribution in [0.3, 0.4) is 0 Å². The van der Waals surface area contributed by atoms with Crippen molar-refractivity contribution in [3.8, 4) is 0 Å². The standard InChI is InChI=1S/C37H46N2O3/c1-5-7-8-16-33(29-21-19-28(20-22-29)24-27(3)4)38-32-15-11-14-31(25-32)37(41)35-26-30(13-12-18-36(40)42-6-2)34-17-9-10-23-39(34)35/h9-11,14-15,17,19-23,25-27,33,38H,5-8,12-13,16,18,24H2,1-4H3. The zero-order valence-electron chi connectivity index (χ0n) is 25.7. The van der Waals surface area contributed by atoms with E-state index >= 15 is 0 Å². The summed E-state index contributed by atoms with van der Waals surface area (Å²) < 4.78 is 7.04. The third-order valence-electron chi connectivity index (χ3n) is 7.71. The summed E-state index contributed by atoms with van der Waals surface area (Å²) in [6, 6.07) is 25.0. The smallest absolute Gasteiger partial charge is 0.305 e. The maximum Gasteiger partial charge on any atom is 0.305 e. The first kappa shape index (κ1) is 31.1. The highest BCUT2D eigenvalue weighted by Gasteiger charge is 2.18. The van der Waals surface area contributed by atoms with Gasteiger partial charge in [-0.1, -0.05) is 82.5 Å². The molecule has 4 rings (SSSR count). The van der Waals surface area contributed by atoms with Crippen LogP contribution in [0.4, 0.5) is 5.69 Å². The van der Waals surface area contributed by atoms with E-state index in [-0.39, 0.29) is 17.8 Å². The second kappa shape index (κ2) is 15.4. The molecular formula is C37H46N2O3. The molecule has 0 radical (unpaired) electrons. The van der Waals surface area contributed by atoms with E-state index in [1.807, 2.05) is 66.1 Å². The Labute approximate surface area is 251 Å². The number of ketones is 1. The SMILES string of the molecule is CCCCCC(Nc1cccc(C(=O)c2cc(CCCC(=O)OCC)c3ccccn23)c1)c1ccc(CC(C)C)cc1. The molecule has 0 saturated carbocycles. The van der Waals surface area contributed by atoms with Gasteiger partial charge in [-0.05, 0) is 85.5 Å². The van der Waals surface area contributed by atoms with Gasteiger partial charge in [0.25, 0.3) is 0 Å². The summed E-state index contributed by atoms with van der Waals surface area (Å²) in [5.41, 5.74) is 6.94.